The molecule has 0 atom stereocenters. The summed E-state index contributed by atoms with van der Waals surface area (Å²) in [6.07, 6.45) is 0. The van der Waals surface area contributed by atoms with Crippen LogP contribution < -0.4 is 14.4 Å². The molecule has 8 heteroatoms. The molecule has 0 aliphatic carbocycles. The van der Waals surface area contributed by atoms with E-state index in [1.54, 1.807) is 30.3 Å². The number of carbonyl (C=O) groups is 1. The highest BCUT2D eigenvalue weighted by Crippen LogP contribution is 2.24. The van der Waals surface area contributed by atoms with Crippen molar-refractivity contribution in [3.63, 3.8) is 0 Å². The highest BCUT2D eigenvalue weighted by Gasteiger charge is 2.27. The molecule has 31 heavy (non-hydrogen) atoms. The topological polar surface area (TPSA) is 75.7 Å². The Labute approximate surface area is 187 Å². The predicted molar refractivity (Wildman–Crippen MR) is 122 cm³/mol. The summed E-state index contributed by atoms with van der Waals surface area (Å²) >= 11 is 5.88. The minimum absolute atomic E-state index is 0.0523. The summed E-state index contributed by atoms with van der Waals surface area (Å²) in [7, 11) is -3.96. The van der Waals surface area contributed by atoms with Crippen LogP contribution in [0.15, 0.2) is 83.8 Å². The van der Waals surface area contributed by atoms with E-state index in [1.165, 1.54) is 24.3 Å². The minimum Gasteiger partial charge on any atom is -0.491 e. The average molecular weight is 459 g/mol. The second-order valence-corrected chi connectivity index (χ2v) is 9.06. The summed E-state index contributed by atoms with van der Waals surface area (Å²) in [5, 5.41) is 3.14. The van der Waals surface area contributed by atoms with Gasteiger partial charge in [-0.25, -0.2) is 8.42 Å². The van der Waals surface area contributed by atoms with Gasteiger partial charge in [-0.15, -0.1) is 0 Å². The Hall–Kier alpha value is -3.03. The number of benzene rings is 3. The lowest BCUT2D eigenvalue weighted by atomic mass is 10.2. The van der Waals surface area contributed by atoms with Gasteiger partial charge in [0.15, 0.2) is 0 Å². The molecule has 0 saturated heterocycles. The van der Waals surface area contributed by atoms with E-state index in [9.17, 15) is 13.2 Å². The molecule has 0 aliphatic heterocycles. The van der Waals surface area contributed by atoms with Gasteiger partial charge in [-0.2, -0.15) is 0 Å². The van der Waals surface area contributed by atoms with E-state index in [0.29, 0.717) is 10.7 Å². The van der Waals surface area contributed by atoms with E-state index in [4.69, 9.17) is 16.3 Å². The number of aryl methyl sites for hydroxylation is 1. The summed E-state index contributed by atoms with van der Waals surface area (Å²) in [5.41, 5.74) is 1.39. The van der Waals surface area contributed by atoms with Gasteiger partial charge in [-0.05, 0) is 55.0 Å². The molecule has 0 fully saturated rings. The summed E-state index contributed by atoms with van der Waals surface area (Å²) in [5.74, 6) is 0.308. The number of sulfonamides is 1. The van der Waals surface area contributed by atoms with Crippen LogP contribution in [0.5, 0.6) is 5.75 Å². The molecule has 0 saturated carbocycles. The maximum absolute atomic E-state index is 13.2. The van der Waals surface area contributed by atoms with Crippen LogP contribution in [0, 0.1) is 6.92 Å². The summed E-state index contributed by atoms with van der Waals surface area (Å²) in [4.78, 5) is 12.6. The first-order chi connectivity index (χ1) is 14.9. The van der Waals surface area contributed by atoms with Crippen LogP contribution in [0.1, 0.15) is 5.56 Å². The lowest BCUT2D eigenvalue weighted by molar-refractivity contribution is -0.119. The van der Waals surface area contributed by atoms with Crippen LogP contribution in [-0.2, 0) is 14.8 Å². The number of amides is 1. The Balaban J connectivity index is 1.68. The quantitative estimate of drug-likeness (QED) is 0.491. The van der Waals surface area contributed by atoms with E-state index < -0.39 is 15.9 Å². The molecule has 0 aromatic heterocycles. The minimum atomic E-state index is -3.96. The largest absolute Gasteiger partial charge is 0.491 e. The lowest BCUT2D eigenvalue weighted by Gasteiger charge is -2.24. The second kappa shape index (κ2) is 10.3. The van der Waals surface area contributed by atoms with Gasteiger partial charge in [0.05, 0.1) is 17.1 Å². The van der Waals surface area contributed by atoms with Gasteiger partial charge in [0.25, 0.3) is 10.0 Å². The van der Waals surface area contributed by atoms with E-state index in [1.807, 2.05) is 31.2 Å². The van der Waals surface area contributed by atoms with Crippen molar-refractivity contribution in [2.45, 2.75) is 11.8 Å². The molecular formula is C23H23ClN2O4S. The van der Waals surface area contributed by atoms with E-state index >= 15 is 0 Å². The number of hydrogen-bond acceptors (Lipinski definition) is 4. The number of para-hydroxylation sites is 2. The normalized spacial score (nSPS) is 11.0. The Morgan fingerprint density at radius 1 is 0.968 bits per heavy atom. The maximum Gasteiger partial charge on any atom is 0.264 e. The predicted octanol–water partition coefficient (Wildman–Crippen LogP) is 4.04. The smallest absolute Gasteiger partial charge is 0.264 e. The Morgan fingerprint density at radius 2 is 1.61 bits per heavy atom. The fraction of sp³-hybridized carbons (Fsp3) is 0.174. The molecule has 0 radical (unpaired) electrons. The molecule has 3 rings (SSSR count). The first kappa shape index (κ1) is 22.7. The molecule has 0 heterocycles. The van der Waals surface area contributed by atoms with Crippen LogP contribution in [0.25, 0.3) is 0 Å². The molecule has 0 bridgehead atoms. The summed E-state index contributed by atoms with van der Waals surface area (Å²) in [6, 6.07) is 21.9. The SMILES string of the molecule is Cc1ccccc1OCCNC(=O)CN(c1ccccc1)S(=O)(=O)c1ccc(Cl)cc1. The number of rotatable bonds is 9. The molecule has 1 N–H and O–H groups in total. The van der Waals surface area contributed by atoms with E-state index in [0.717, 1.165) is 15.6 Å². The first-order valence-corrected chi connectivity index (χ1v) is 11.5. The molecule has 6 nitrogen and oxygen atoms in total. The highest BCUT2D eigenvalue weighted by molar-refractivity contribution is 7.92. The van der Waals surface area contributed by atoms with Crippen molar-refractivity contribution >= 4 is 33.2 Å². The third kappa shape index (κ3) is 5.99. The first-order valence-electron chi connectivity index (χ1n) is 9.66. The number of ether oxygens (including phenoxy) is 1. The van der Waals surface area contributed by atoms with Crippen molar-refractivity contribution in [1.29, 1.82) is 0 Å². The molecular weight excluding hydrogens is 436 g/mol. The molecule has 1 amide bonds. The van der Waals surface area contributed by atoms with Crippen molar-refractivity contribution in [3.8, 4) is 5.75 Å². The van der Waals surface area contributed by atoms with Crippen molar-refractivity contribution in [1.82, 2.24) is 5.32 Å². The molecule has 3 aromatic rings. The number of halogens is 1. The van der Waals surface area contributed by atoms with E-state index in [2.05, 4.69) is 5.32 Å². The molecule has 162 valence electrons. The number of nitrogens with zero attached hydrogens (tertiary/aromatic N) is 1. The Bertz CT molecular complexity index is 1120. The van der Waals surface area contributed by atoms with Gasteiger partial charge in [0.2, 0.25) is 5.91 Å². The number of anilines is 1. The molecule has 0 spiro atoms. The maximum atomic E-state index is 13.2. The number of carbonyl (C=O) groups excluding carboxylic acids is 1. The zero-order valence-corrected chi connectivity index (χ0v) is 18.6. The van der Waals surface area contributed by atoms with Gasteiger partial charge in [-0.1, -0.05) is 48.0 Å². The number of hydrogen-bond donors (Lipinski definition) is 1. The van der Waals surface area contributed by atoms with Gasteiger partial charge in [0.1, 0.15) is 18.9 Å². The van der Waals surface area contributed by atoms with E-state index in [-0.39, 0.29) is 24.6 Å². The molecule has 0 unspecified atom stereocenters. The van der Waals surface area contributed by atoms with Crippen LogP contribution >= 0.6 is 11.6 Å². The van der Waals surface area contributed by atoms with Gasteiger partial charge in [-0.3, -0.25) is 9.10 Å². The van der Waals surface area contributed by atoms with Crippen molar-refractivity contribution in [3.05, 3.63) is 89.4 Å². The molecule has 0 aliphatic rings. The standard InChI is InChI=1S/C23H23ClN2O4S/c1-18-7-5-6-10-22(18)30-16-15-25-23(27)17-26(20-8-3-2-4-9-20)31(28,29)21-13-11-19(24)12-14-21/h2-14H,15-17H2,1H3,(H,25,27). The summed E-state index contributed by atoms with van der Waals surface area (Å²) < 4.78 is 33.2. The fourth-order valence-electron chi connectivity index (χ4n) is 2.90. The Morgan fingerprint density at radius 3 is 2.29 bits per heavy atom. The zero-order valence-electron chi connectivity index (χ0n) is 17.0. The van der Waals surface area contributed by atoms with Crippen LogP contribution in [0.2, 0.25) is 5.02 Å². The second-order valence-electron chi connectivity index (χ2n) is 6.77. The lowest BCUT2D eigenvalue weighted by Crippen LogP contribution is -2.41. The van der Waals surface area contributed by atoms with Crippen LogP contribution in [0.4, 0.5) is 5.69 Å². The Kier molecular flexibility index (Phi) is 7.55. The van der Waals surface area contributed by atoms with Crippen LogP contribution in [0.3, 0.4) is 0 Å². The molecule has 3 aromatic carbocycles. The average Bonchev–Trinajstić information content (AvgIpc) is 2.77. The fourth-order valence-corrected chi connectivity index (χ4v) is 4.45. The van der Waals surface area contributed by atoms with Crippen molar-refractivity contribution < 1.29 is 17.9 Å². The van der Waals surface area contributed by atoms with Crippen molar-refractivity contribution in [2.24, 2.45) is 0 Å². The van der Waals surface area contributed by atoms with Gasteiger partial charge in [0, 0.05) is 5.02 Å². The van der Waals surface area contributed by atoms with Gasteiger partial charge >= 0.3 is 0 Å². The third-order valence-electron chi connectivity index (χ3n) is 4.51. The van der Waals surface area contributed by atoms with Crippen LogP contribution in [-0.4, -0.2) is 34.0 Å². The zero-order chi connectivity index (χ0) is 22.3. The van der Waals surface area contributed by atoms with Gasteiger partial charge < -0.3 is 10.1 Å². The third-order valence-corrected chi connectivity index (χ3v) is 6.55. The van der Waals surface area contributed by atoms with Crippen molar-refractivity contribution in [2.75, 3.05) is 24.0 Å². The summed E-state index contributed by atoms with van der Waals surface area (Å²) in [6.45, 7) is 2.09. The number of nitrogens with one attached hydrogen (secondary N) is 1. The highest BCUT2D eigenvalue weighted by atomic mass is 35.5. The monoisotopic (exact) mass is 458 g/mol.